The first kappa shape index (κ1) is 19.2. The number of nitrogens with zero attached hydrogens (tertiary/aromatic N) is 2. The van der Waals surface area contributed by atoms with Crippen molar-refractivity contribution in [2.24, 2.45) is 5.41 Å². The third-order valence-electron chi connectivity index (χ3n) is 3.01. The Morgan fingerprint density at radius 2 is 1.84 bits per heavy atom. The minimum absolute atomic E-state index is 0.127. The van der Waals surface area contributed by atoms with Crippen LogP contribution in [0.25, 0.3) is 0 Å². The number of methoxy groups -OCH3 is 1. The van der Waals surface area contributed by atoms with Crippen LogP contribution in [0, 0.1) is 5.41 Å². The van der Waals surface area contributed by atoms with Gasteiger partial charge in [0.1, 0.15) is 5.75 Å². The van der Waals surface area contributed by atoms with Crippen LogP contribution in [0.3, 0.4) is 0 Å². The summed E-state index contributed by atoms with van der Waals surface area (Å²) in [6.45, 7) is 5.47. The first-order valence-electron chi connectivity index (χ1n) is 7.49. The van der Waals surface area contributed by atoms with E-state index in [1.807, 2.05) is 20.8 Å². The number of aromatic nitrogens is 2. The topological polar surface area (TPSA) is 93.2 Å². The van der Waals surface area contributed by atoms with Gasteiger partial charge in [0.05, 0.1) is 12.9 Å². The van der Waals surface area contributed by atoms with Crippen LogP contribution in [-0.4, -0.2) is 34.9 Å². The average molecular weight is 380 g/mol. The lowest BCUT2D eigenvalue weighted by molar-refractivity contribution is -0.123. The van der Waals surface area contributed by atoms with Crippen LogP contribution in [0.1, 0.15) is 20.8 Å². The van der Waals surface area contributed by atoms with E-state index in [1.165, 1.54) is 23.1 Å². The van der Waals surface area contributed by atoms with E-state index < -0.39 is 5.41 Å². The smallest absolute Gasteiger partial charge is 0.234 e. The number of hydrogen-bond acceptors (Lipinski definition) is 7. The number of rotatable bonds is 6. The van der Waals surface area contributed by atoms with E-state index in [-0.39, 0.29) is 17.6 Å². The van der Waals surface area contributed by atoms with E-state index in [1.54, 1.807) is 31.4 Å². The van der Waals surface area contributed by atoms with Crippen molar-refractivity contribution >= 4 is 45.7 Å². The van der Waals surface area contributed by atoms with Gasteiger partial charge in [-0.1, -0.05) is 43.9 Å². The molecule has 0 fully saturated rings. The highest BCUT2D eigenvalue weighted by Gasteiger charge is 2.22. The van der Waals surface area contributed by atoms with Crippen molar-refractivity contribution in [2.45, 2.75) is 25.1 Å². The highest BCUT2D eigenvalue weighted by atomic mass is 32.2. The van der Waals surface area contributed by atoms with Crippen LogP contribution < -0.4 is 15.4 Å². The second kappa shape index (κ2) is 8.30. The SMILES string of the molecule is COc1ccc(NC(=O)CSc2nnc(NC(=O)C(C)(C)C)s2)cc1. The molecule has 0 bridgehead atoms. The molecule has 0 saturated carbocycles. The van der Waals surface area contributed by atoms with Gasteiger partial charge in [0, 0.05) is 11.1 Å². The molecular weight excluding hydrogens is 360 g/mol. The van der Waals surface area contributed by atoms with Gasteiger partial charge in [0.2, 0.25) is 16.9 Å². The molecule has 1 aromatic heterocycles. The predicted molar refractivity (Wildman–Crippen MR) is 100 cm³/mol. The molecule has 2 aromatic rings. The van der Waals surface area contributed by atoms with Gasteiger partial charge in [-0.15, -0.1) is 10.2 Å². The molecule has 0 saturated heterocycles. The van der Waals surface area contributed by atoms with Crippen molar-refractivity contribution in [3.63, 3.8) is 0 Å². The van der Waals surface area contributed by atoms with Gasteiger partial charge in [0.15, 0.2) is 4.34 Å². The number of ether oxygens (including phenoxy) is 1. The molecular formula is C16H20N4O3S2. The summed E-state index contributed by atoms with van der Waals surface area (Å²) in [7, 11) is 1.59. The first-order chi connectivity index (χ1) is 11.8. The van der Waals surface area contributed by atoms with E-state index in [4.69, 9.17) is 4.74 Å². The average Bonchev–Trinajstić information content (AvgIpc) is 3.00. The Hall–Kier alpha value is -2.13. The van der Waals surface area contributed by atoms with Gasteiger partial charge in [-0.25, -0.2) is 0 Å². The molecule has 7 nitrogen and oxygen atoms in total. The molecule has 0 radical (unpaired) electrons. The van der Waals surface area contributed by atoms with Gasteiger partial charge >= 0.3 is 0 Å². The molecule has 25 heavy (non-hydrogen) atoms. The minimum Gasteiger partial charge on any atom is -0.497 e. The maximum absolute atomic E-state index is 12.0. The normalized spacial score (nSPS) is 11.0. The van der Waals surface area contributed by atoms with E-state index in [0.29, 0.717) is 15.2 Å². The van der Waals surface area contributed by atoms with Crippen molar-refractivity contribution in [3.05, 3.63) is 24.3 Å². The maximum atomic E-state index is 12.0. The van der Waals surface area contributed by atoms with Crippen molar-refractivity contribution in [1.82, 2.24) is 10.2 Å². The molecule has 0 unspecified atom stereocenters. The van der Waals surface area contributed by atoms with Crippen LogP contribution in [0.2, 0.25) is 0 Å². The molecule has 0 aliphatic heterocycles. The Balaban J connectivity index is 1.82. The molecule has 0 aliphatic rings. The lowest BCUT2D eigenvalue weighted by Crippen LogP contribution is -2.27. The minimum atomic E-state index is -0.503. The maximum Gasteiger partial charge on any atom is 0.234 e. The zero-order chi connectivity index (χ0) is 18.4. The fraction of sp³-hybridized carbons (Fsp3) is 0.375. The van der Waals surface area contributed by atoms with Gasteiger partial charge < -0.3 is 15.4 Å². The van der Waals surface area contributed by atoms with Crippen LogP contribution in [-0.2, 0) is 9.59 Å². The van der Waals surface area contributed by atoms with Crippen LogP contribution >= 0.6 is 23.1 Å². The zero-order valence-corrected chi connectivity index (χ0v) is 16.1. The lowest BCUT2D eigenvalue weighted by atomic mass is 9.96. The van der Waals surface area contributed by atoms with Crippen LogP contribution in [0.4, 0.5) is 10.8 Å². The third-order valence-corrected chi connectivity index (χ3v) is 4.98. The number of thioether (sulfide) groups is 1. The van der Waals surface area contributed by atoms with Gasteiger partial charge in [-0.2, -0.15) is 0 Å². The third kappa shape index (κ3) is 6.02. The molecule has 2 amide bonds. The summed E-state index contributed by atoms with van der Waals surface area (Å²) in [6.07, 6.45) is 0. The van der Waals surface area contributed by atoms with Crippen LogP contribution in [0.5, 0.6) is 5.75 Å². The lowest BCUT2D eigenvalue weighted by Gasteiger charge is -2.15. The quantitative estimate of drug-likeness (QED) is 0.590. The monoisotopic (exact) mass is 380 g/mol. The predicted octanol–water partition coefficient (Wildman–Crippen LogP) is 3.26. The fourth-order valence-electron chi connectivity index (χ4n) is 1.60. The first-order valence-corrected chi connectivity index (χ1v) is 9.30. The van der Waals surface area contributed by atoms with Crippen molar-refractivity contribution in [2.75, 3.05) is 23.5 Å². The van der Waals surface area contributed by atoms with Crippen LogP contribution in [0.15, 0.2) is 28.6 Å². The van der Waals surface area contributed by atoms with Crippen molar-refractivity contribution in [1.29, 1.82) is 0 Å². The number of benzene rings is 1. The Labute approximate surface area is 154 Å². The van der Waals surface area contributed by atoms with Crippen molar-refractivity contribution in [3.8, 4) is 5.75 Å². The molecule has 9 heteroatoms. The Morgan fingerprint density at radius 1 is 1.16 bits per heavy atom. The number of hydrogen-bond donors (Lipinski definition) is 2. The van der Waals surface area contributed by atoms with E-state index in [2.05, 4.69) is 20.8 Å². The van der Waals surface area contributed by atoms with Gasteiger partial charge in [-0.05, 0) is 24.3 Å². The number of nitrogens with one attached hydrogen (secondary N) is 2. The van der Waals surface area contributed by atoms with E-state index in [9.17, 15) is 9.59 Å². The summed E-state index contributed by atoms with van der Waals surface area (Å²) in [4.78, 5) is 23.9. The summed E-state index contributed by atoms with van der Waals surface area (Å²) in [5.41, 5.74) is 0.193. The van der Waals surface area contributed by atoms with Crippen molar-refractivity contribution < 1.29 is 14.3 Å². The van der Waals surface area contributed by atoms with E-state index in [0.717, 1.165) is 5.75 Å². The summed E-state index contributed by atoms with van der Waals surface area (Å²) >= 11 is 2.51. The fourth-order valence-corrected chi connectivity index (χ4v) is 3.15. The number of carbonyl (C=O) groups is 2. The highest BCUT2D eigenvalue weighted by Crippen LogP contribution is 2.27. The molecule has 2 N–H and O–H groups in total. The summed E-state index contributed by atoms with van der Waals surface area (Å²) < 4.78 is 5.69. The molecule has 0 atom stereocenters. The summed E-state index contributed by atoms with van der Waals surface area (Å²) in [5.74, 6) is 0.655. The molecule has 0 spiro atoms. The van der Waals surface area contributed by atoms with E-state index >= 15 is 0 Å². The van der Waals surface area contributed by atoms with Gasteiger partial charge in [-0.3, -0.25) is 9.59 Å². The molecule has 2 rings (SSSR count). The Morgan fingerprint density at radius 3 is 2.44 bits per heavy atom. The molecule has 0 aliphatic carbocycles. The Kier molecular flexibility index (Phi) is 6.38. The molecule has 134 valence electrons. The number of carbonyl (C=O) groups excluding carboxylic acids is 2. The number of anilines is 2. The second-order valence-corrected chi connectivity index (χ2v) is 8.34. The summed E-state index contributed by atoms with van der Waals surface area (Å²) in [5, 5.41) is 13.8. The zero-order valence-electron chi connectivity index (χ0n) is 14.5. The largest absolute Gasteiger partial charge is 0.497 e. The molecule has 1 heterocycles. The van der Waals surface area contributed by atoms with Gasteiger partial charge in [0.25, 0.3) is 0 Å². The standard InChI is InChI=1S/C16H20N4O3S2/c1-16(2,3)13(22)18-14-19-20-15(25-14)24-9-12(21)17-10-5-7-11(23-4)8-6-10/h5-8H,9H2,1-4H3,(H,17,21)(H,18,19,22). The number of amides is 2. The molecule has 1 aromatic carbocycles. The highest BCUT2D eigenvalue weighted by molar-refractivity contribution is 8.01. The second-order valence-electron chi connectivity index (χ2n) is 6.14. The summed E-state index contributed by atoms with van der Waals surface area (Å²) in [6, 6.07) is 7.09. The Bertz CT molecular complexity index is 739.